The molecule has 4 rings (SSSR count). The second-order valence-corrected chi connectivity index (χ2v) is 6.61. The lowest BCUT2D eigenvalue weighted by molar-refractivity contribution is -0.118. The van der Waals surface area contributed by atoms with E-state index in [1.807, 2.05) is 12.1 Å². The van der Waals surface area contributed by atoms with Crippen LogP contribution in [0.2, 0.25) is 0 Å². The summed E-state index contributed by atoms with van der Waals surface area (Å²) in [6.45, 7) is 4.70. The maximum atomic E-state index is 12.4. The van der Waals surface area contributed by atoms with Crippen molar-refractivity contribution < 1.29 is 14.3 Å². The number of morpholine rings is 1. The highest BCUT2D eigenvalue weighted by molar-refractivity contribution is 6.24. The zero-order valence-electron chi connectivity index (χ0n) is 14.5. The molecule has 3 aliphatic rings. The summed E-state index contributed by atoms with van der Waals surface area (Å²) in [5.41, 5.74) is 7.12. The fourth-order valence-electron chi connectivity index (χ4n) is 3.69. The second-order valence-electron chi connectivity index (χ2n) is 6.61. The van der Waals surface area contributed by atoms with Gasteiger partial charge in [-0.15, -0.1) is 0 Å². The smallest absolute Gasteiger partial charge is 0.233 e. The molecule has 0 radical (unpaired) electrons. The molecule has 0 aliphatic carbocycles. The fourth-order valence-corrected chi connectivity index (χ4v) is 3.69. The molecule has 0 bridgehead atoms. The van der Waals surface area contributed by atoms with E-state index in [9.17, 15) is 4.79 Å². The highest BCUT2D eigenvalue weighted by Gasteiger charge is 2.35. The molecule has 0 saturated carbocycles. The van der Waals surface area contributed by atoms with Crippen molar-refractivity contribution in [1.29, 1.82) is 0 Å². The van der Waals surface area contributed by atoms with Gasteiger partial charge in [-0.1, -0.05) is 0 Å². The number of nitrogens with zero attached hydrogens (tertiary/aromatic N) is 2. The first-order valence-electron chi connectivity index (χ1n) is 8.89. The summed E-state index contributed by atoms with van der Waals surface area (Å²) in [6.07, 6.45) is 1.81. The second kappa shape index (κ2) is 7.11. The summed E-state index contributed by atoms with van der Waals surface area (Å²) in [4.78, 5) is 17.1. The number of amides is 1. The van der Waals surface area contributed by atoms with Crippen LogP contribution in [0, 0.1) is 5.92 Å². The van der Waals surface area contributed by atoms with Gasteiger partial charge in [-0.25, -0.2) is 5.01 Å². The zero-order chi connectivity index (χ0) is 17.2. The van der Waals surface area contributed by atoms with Crippen LogP contribution < -0.4 is 15.5 Å². The molecule has 1 aromatic rings. The number of aliphatic imine (C=N–C) groups is 1. The maximum absolute atomic E-state index is 12.4. The Morgan fingerprint density at radius 1 is 1.40 bits per heavy atom. The molecule has 134 valence electrons. The van der Waals surface area contributed by atoms with Crippen LogP contribution in [0.25, 0.3) is 0 Å². The van der Waals surface area contributed by atoms with Gasteiger partial charge in [0, 0.05) is 26.2 Å². The Hall–Kier alpha value is -1.96. The Balaban J connectivity index is 1.60. The van der Waals surface area contributed by atoms with Crippen molar-refractivity contribution in [1.82, 2.24) is 10.4 Å². The molecular weight excluding hydrogens is 320 g/mol. The number of hydrogen-bond donors (Lipinski definition) is 2. The molecule has 7 heteroatoms. The molecule has 0 spiro atoms. The Bertz CT molecular complexity index is 698. The molecular formula is C18H24N4O3. The molecule has 1 atom stereocenters. The Morgan fingerprint density at radius 3 is 3.04 bits per heavy atom. The first kappa shape index (κ1) is 16.5. The van der Waals surface area contributed by atoms with Crippen LogP contribution >= 0.6 is 0 Å². The number of methoxy groups -OCH3 is 1. The van der Waals surface area contributed by atoms with E-state index in [1.165, 1.54) is 0 Å². The average molecular weight is 344 g/mol. The van der Waals surface area contributed by atoms with Gasteiger partial charge in [0.05, 0.1) is 43.2 Å². The zero-order valence-corrected chi connectivity index (χ0v) is 14.5. The topological polar surface area (TPSA) is 75.2 Å². The number of anilines is 1. The third-order valence-corrected chi connectivity index (χ3v) is 4.99. The van der Waals surface area contributed by atoms with E-state index in [-0.39, 0.29) is 11.8 Å². The molecule has 3 heterocycles. The van der Waals surface area contributed by atoms with Crippen LogP contribution in [0.3, 0.4) is 0 Å². The number of fused-ring (bicyclic) bond motifs is 3. The first-order valence-corrected chi connectivity index (χ1v) is 8.89. The molecule has 1 fully saturated rings. The SMILES string of the molecule is COc1cc(CNN2CCOCC2)cc2c1C1=NCCCC1C(=O)N2. The van der Waals surface area contributed by atoms with E-state index < -0.39 is 0 Å². The highest BCUT2D eigenvalue weighted by Crippen LogP contribution is 2.37. The summed E-state index contributed by atoms with van der Waals surface area (Å²) in [5.74, 6) is 0.681. The minimum atomic E-state index is -0.146. The minimum absolute atomic E-state index is 0.0475. The van der Waals surface area contributed by atoms with E-state index in [0.717, 1.165) is 74.0 Å². The van der Waals surface area contributed by atoms with E-state index in [4.69, 9.17) is 9.47 Å². The molecule has 1 aromatic carbocycles. The number of hydrogen-bond acceptors (Lipinski definition) is 6. The number of nitrogens with one attached hydrogen (secondary N) is 2. The molecule has 0 aromatic heterocycles. The van der Waals surface area contributed by atoms with Gasteiger partial charge in [-0.05, 0) is 30.5 Å². The highest BCUT2D eigenvalue weighted by atomic mass is 16.5. The van der Waals surface area contributed by atoms with Crippen molar-refractivity contribution in [3.8, 4) is 5.75 Å². The third-order valence-electron chi connectivity index (χ3n) is 4.99. The van der Waals surface area contributed by atoms with E-state index >= 15 is 0 Å². The van der Waals surface area contributed by atoms with Crippen LogP contribution in [-0.2, 0) is 16.1 Å². The number of carbonyl (C=O) groups excluding carboxylic acids is 1. The predicted octanol–water partition coefficient (Wildman–Crippen LogP) is 1.18. The Labute approximate surface area is 147 Å². The lowest BCUT2D eigenvalue weighted by Gasteiger charge is -2.31. The number of benzene rings is 1. The summed E-state index contributed by atoms with van der Waals surface area (Å²) in [5, 5.41) is 5.21. The number of rotatable bonds is 4. The van der Waals surface area contributed by atoms with Gasteiger partial charge in [0.1, 0.15) is 5.75 Å². The number of hydrazine groups is 1. The van der Waals surface area contributed by atoms with Crippen LogP contribution in [0.4, 0.5) is 5.69 Å². The van der Waals surface area contributed by atoms with Crippen molar-refractivity contribution >= 4 is 17.3 Å². The fraction of sp³-hybridized carbons (Fsp3) is 0.556. The molecule has 7 nitrogen and oxygen atoms in total. The van der Waals surface area contributed by atoms with Gasteiger partial charge in [0.2, 0.25) is 5.91 Å². The molecule has 3 aliphatic heterocycles. The summed E-state index contributed by atoms with van der Waals surface area (Å²) >= 11 is 0. The Morgan fingerprint density at radius 2 is 2.24 bits per heavy atom. The summed E-state index contributed by atoms with van der Waals surface area (Å²) < 4.78 is 11.0. The largest absolute Gasteiger partial charge is 0.496 e. The summed E-state index contributed by atoms with van der Waals surface area (Å²) in [7, 11) is 1.67. The molecule has 2 N–H and O–H groups in total. The van der Waals surface area contributed by atoms with Crippen molar-refractivity contribution in [2.75, 3.05) is 45.3 Å². The van der Waals surface area contributed by atoms with Crippen molar-refractivity contribution in [2.45, 2.75) is 19.4 Å². The van der Waals surface area contributed by atoms with Gasteiger partial charge in [-0.2, -0.15) is 0 Å². The monoisotopic (exact) mass is 344 g/mol. The van der Waals surface area contributed by atoms with Crippen LogP contribution in [0.1, 0.15) is 24.0 Å². The van der Waals surface area contributed by atoms with Crippen LogP contribution in [0.5, 0.6) is 5.75 Å². The molecule has 1 unspecified atom stereocenters. The van der Waals surface area contributed by atoms with Gasteiger partial charge >= 0.3 is 0 Å². The summed E-state index contributed by atoms with van der Waals surface area (Å²) in [6, 6.07) is 4.06. The quantitative estimate of drug-likeness (QED) is 0.858. The van der Waals surface area contributed by atoms with E-state index in [2.05, 4.69) is 20.7 Å². The van der Waals surface area contributed by atoms with Gasteiger partial charge in [0.25, 0.3) is 0 Å². The van der Waals surface area contributed by atoms with Crippen molar-refractivity contribution in [3.05, 3.63) is 23.3 Å². The number of ether oxygens (including phenoxy) is 2. The predicted molar refractivity (Wildman–Crippen MR) is 95.0 cm³/mol. The van der Waals surface area contributed by atoms with E-state index in [1.54, 1.807) is 7.11 Å². The van der Waals surface area contributed by atoms with Crippen LogP contribution in [-0.4, -0.2) is 56.6 Å². The standard InChI is InChI=1S/C18H24N4O3/c1-24-15-10-12(11-20-22-5-7-25-8-6-22)9-14-16(15)17-13(18(23)21-14)3-2-4-19-17/h9-10,13,20H,2-8,11H2,1H3,(H,21,23). The Kier molecular flexibility index (Phi) is 4.70. The van der Waals surface area contributed by atoms with Gasteiger partial charge < -0.3 is 14.8 Å². The molecule has 1 amide bonds. The first-order chi connectivity index (χ1) is 12.3. The lowest BCUT2D eigenvalue weighted by Crippen LogP contribution is -2.45. The maximum Gasteiger partial charge on any atom is 0.233 e. The normalized spacial score (nSPS) is 23.3. The van der Waals surface area contributed by atoms with Gasteiger partial charge in [0.15, 0.2) is 0 Å². The molecule has 25 heavy (non-hydrogen) atoms. The van der Waals surface area contributed by atoms with Crippen LogP contribution in [0.15, 0.2) is 17.1 Å². The lowest BCUT2D eigenvalue weighted by atomic mass is 9.84. The van der Waals surface area contributed by atoms with Crippen molar-refractivity contribution in [3.63, 3.8) is 0 Å². The van der Waals surface area contributed by atoms with Gasteiger partial charge in [-0.3, -0.25) is 15.2 Å². The number of carbonyl (C=O) groups is 1. The minimum Gasteiger partial charge on any atom is -0.496 e. The molecule has 1 saturated heterocycles. The average Bonchev–Trinajstić information content (AvgIpc) is 2.66. The van der Waals surface area contributed by atoms with Crippen molar-refractivity contribution in [2.24, 2.45) is 10.9 Å². The van der Waals surface area contributed by atoms with E-state index in [0.29, 0.717) is 6.54 Å². The third kappa shape index (κ3) is 3.27.